The molecular formula is C27H42O2S. The van der Waals surface area contributed by atoms with E-state index in [0.29, 0.717) is 29.4 Å². The van der Waals surface area contributed by atoms with Crippen molar-refractivity contribution in [3.63, 3.8) is 0 Å². The van der Waals surface area contributed by atoms with Gasteiger partial charge in [-0.1, -0.05) is 51.5 Å². The van der Waals surface area contributed by atoms with Crippen LogP contribution in [-0.2, 0) is 6.42 Å². The minimum Gasteiger partial charge on any atom is -0.508 e. The molecule has 168 valence electrons. The van der Waals surface area contributed by atoms with Gasteiger partial charge in [0.15, 0.2) is 0 Å². The van der Waals surface area contributed by atoms with Crippen LogP contribution in [0.15, 0.2) is 18.2 Å². The van der Waals surface area contributed by atoms with E-state index < -0.39 is 0 Å². The summed E-state index contributed by atoms with van der Waals surface area (Å²) in [5.74, 6) is 4.17. The van der Waals surface area contributed by atoms with E-state index >= 15 is 0 Å². The molecule has 3 unspecified atom stereocenters. The number of benzene rings is 1. The Morgan fingerprint density at radius 3 is 2.50 bits per heavy atom. The minimum absolute atomic E-state index is 0.109. The molecule has 30 heavy (non-hydrogen) atoms. The van der Waals surface area contributed by atoms with E-state index in [1.165, 1.54) is 75.3 Å². The lowest BCUT2D eigenvalue weighted by Crippen LogP contribution is -2.47. The first-order valence-corrected chi connectivity index (χ1v) is 13.3. The van der Waals surface area contributed by atoms with Crippen molar-refractivity contribution >= 4 is 12.6 Å². The molecule has 0 amide bonds. The monoisotopic (exact) mass is 430 g/mol. The largest absolute Gasteiger partial charge is 0.508 e. The fraction of sp³-hybridized carbons (Fsp3) is 0.778. The van der Waals surface area contributed by atoms with Crippen molar-refractivity contribution in [3.8, 4) is 5.75 Å². The van der Waals surface area contributed by atoms with Gasteiger partial charge in [0, 0.05) is 0 Å². The Bertz CT molecular complexity index is 704. The zero-order valence-corrected chi connectivity index (χ0v) is 19.8. The van der Waals surface area contributed by atoms with Crippen LogP contribution >= 0.6 is 12.6 Å². The molecule has 0 aromatic heterocycles. The number of aromatic hydroxyl groups is 1. The Kier molecular flexibility index (Phi) is 7.40. The van der Waals surface area contributed by atoms with Crippen LogP contribution in [0.4, 0.5) is 0 Å². The second-order valence-electron chi connectivity index (χ2n) is 10.8. The maximum absolute atomic E-state index is 10.8. The molecule has 2 N–H and O–H groups in total. The normalized spacial score (nSPS) is 35.0. The maximum Gasteiger partial charge on any atom is 0.115 e. The Labute approximate surface area is 189 Å². The van der Waals surface area contributed by atoms with Crippen LogP contribution in [-0.4, -0.2) is 22.1 Å². The fourth-order valence-electron chi connectivity index (χ4n) is 7.43. The SMILES string of the molecule is C[C@]12CCC3c4ccc(O)cc4C[C@@H](CCCCCCCCCS)C3C1CC[C@@H]2O. The molecule has 1 aromatic rings. The van der Waals surface area contributed by atoms with Crippen LogP contribution in [0.5, 0.6) is 5.75 Å². The topological polar surface area (TPSA) is 40.5 Å². The molecule has 0 spiro atoms. The number of hydrogen-bond acceptors (Lipinski definition) is 3. The summed E-state index contributed by atoms with van der Waals surface area (Å²) in [5, 5.41) is 20.9. The summed E-state index contributed by atoms with van der Waals surface area (Å²) in [4.78, 5) is 0. The molecule has 0 heterocycles. The molecule has 3 aliphatic rings. The Morgan fingerprint density at radius 1 is 1.00 bits per heavy atom. The molecular weight excluding hydrogens is 388 g/mol. The van der Waals surface area contributed by atoms with Crippen LogP contribution in [0, 0.1) is 23.2 Å². The number of unbranched alkanes of at least 4 members (excludes halogenated alkanes) is 6. The lowest BCUT2D eigenvalue weighted by Gasteiger charge is -2.53. The fourth-order valence-corrected chi connectivity index (χ4v) is 7.66. The van der Waals surface area contributed by atoms with Gasteiger partial charge in [0.1, 0.15) is 5.75 Å². The summed E-state index contributed by atoms with van der Waals surface area (Å²) in [6.07, 6.45) is 16.2. The first kappa shape index (κ1) is 22.5. The van der Waals surface area contributed by atoms with Crippen molar-refractivity contribution in [2.45, 2.75) is 102 Å². The molecule has 2 saturated carbocycles. The highest BCUT2D eigenvalue weighted by molar-refractivity contribution is 7.80. The van der Waals surface area contributed by atoms with Crippen LogP contribution in [0.3, 0.4) is 0 Å². The molecule has 0 bridgehead atoms. The summed E-state index contributed by atoms with van der Waals surface area (Å²) < 4.78 is 0. The van der Waals surface area contributed by atoms with Crippen molar-refractivity contribution in [2.24, 2.45) is 23.2 Å². The third-order valence-corrected chi connectivity index (χ3v) is 9.38. The van der Waals surface area contributed by atoms with Gasteiger partial charge in [-0.3, -0.25) is 0 Å². The molecule has 4 rings (SSSR count). The van der Waals surface area contributed by atoms with Crippen molar-refractivity contribution < 1.29 is 10.2 Å². The minimum atomic E-state index is -0.109. The summed E-state index contributed by atoms with van der Waals surface area (Å²) >= 11 is 4.31. The van der Waals surface area contributed by atoms with E-state index in [9.17, 15) is 10.2 Å². The van der Waals surface area contributed by atoms with Crippen molar-refractivity contribution in [1.82, 2.24) is 0 Å². The number of aliphatic hydroxyl groups is 1. The van der Waals surface area contributed by atoms with Gasteiger partial charge in [-0.15, -0.1) is 0 Å². The van der Waals surface area contributed by atoms with Crippen molar-refractivity contribution in [2.75, 3.05) is 5.75 Å². The van der Waals surface area contributed by atoms with E-state index in [1.54, 1.807) is 0 Å². The Balaban J connectivity index is 1.43. The van der Waals surface area contributed by atoms with Gasteiger partial charge in [0.05, 0.1) is 6.10 Å². The van der Waals surface area contributed by atoms with E-state index in [1.807, 2.05) is 12.1 Å². The van der Waals surface area contributed by atoms with E-state index in [4.69, 9.17) is 0 Å². The van der Waals surface area contributed by atoms with Gasteiger partial charge in [0.25, 0.3) is 0 Å². The predicted molar refractivity (Wildman–Crippen MR) is 128 cm³/mol. The van der Waals surface area contributed by atoms with Gasteiger partial charge in [-0.05, 0) is 103 Å². The number of phenols is 1. The quantitative estimate of drug-likeness (QED) is 0.295. The van der Waals surface area contributed by atoms with Gasteiger partial charge < -0.3 is 10.2 Å². The molecule has 2 nitrogen and oxygen atoms in total. The number of aliphatic hydroxyl groups excluding tert-OH is 1. The third-order valence-electron chi connectivity index (χ3n) is 9.07. The molecule has 0 aliphatic heterocycles. The third kappa shape index (κ3) is 4.44. The number of fused-ring (bicyclic) bond motifs is 5. The average molecular weight is 431 g/mol. The summed E-state index contributed by atoms with van der Waals surface area (Å²) in [5.41, 5.74) is 3.03. The highest BCUT2D eigenvalue weighted by atomic mass is 32.1. The van der Waals surface area contributed by atoms with Crippen LogP contribution in [0.1, 0.15) is 101 Å². The zero-order chi connectivity index (χ0) is 21.1. The molecule has 2 fully saturated rings. The lowest BCUT2D eigenvalue weighted by molar-refractivity contribution is -0.0396. The van der Waals surface area contributed by atoms with E-state index in [-0.39, 0.29) is 11.5 Å². The molecule has 0 radical (unpaired) electrons. The number of phenolic OH excluding ortho intramolecular Hbond substituents is 1. The Hall–Kier alpha value is -0.670. The first-order valence-electron chi connectivity index (χ1n) is 12.7. The smallest absolute Gasteiger partial charge is 0.115 e. The van der Waals surface area contributed by atoms with E-state index in [2.05, 4.69) is 25.6 Å². The molecule has 6 atom stereocenters. The summed E-state index contributed by atoms with van der Waals surface area (Å²) in [6.45, 7) is 2.37. The van der Waals surface area contributed by atoms with Crippen LogP contribution in [0.2, 0.25) is 0 Å². The zero-order valence-electron chi connectivity index (χ0n) is 18.9. The van der Waals surface area contributed by atoms with Crippen LogP contribution < -0.4 is 0 Å². The second kappa shape index (κ2) is 9.86. The lowest BCUT2D eigenvalue weighted by atomic mass is 9.52. The first-order chi connectivity index (χ1) is 14.5. The molecule has 0 saturated heterocycles. The van der Waals surface area contributed by atoms with Gasteiger partial charge >= 0.3 is 0 Å². The second-order valence-corrected chi connectivity index (χ2v) is 11.2. The average Bonchev–Trinajstić information content (AvgIpc) is 3.04. The number of thiol groups is 1. The van der Waals surface area contributed by atoms with Crippen LogP contribution in [0.25, 0.3) is 0 Å². The highest BCUT2D eigenvalue weighted by Gasteiger charge is 2.56. The standard InChI is InChI=1S/C27H42O2S/c1-27-15-14-23-22-11-10-21(28)18-20(22)17-19(26(23)24(27)12-13-25(27)29)9-7-5-3-2-4-6-8-16-30/h10-11,18-19,23-26,28-30H,2-9,12-17H2,1H3/t19-,23?,24?,25+,26?,27+/m1/s1. The summed E-state index contributed by atoms with van der Waals surface area (Å²) in [6, 6.07) is 6.13. The highest BCUT2D eigenvalue weighted by Crippen LogP contribution is 2.62. The van der Waals surface area contributed by atoms with E-state index in [0.717, 1.165) is 25.0 Å². The predicted octanol–water partition coefficient (Wildman–Crippen LogP) is 6.89. The van der Waals surface area contributed by atoms with Gasteiger partial charge in [-0.25, -0.2) is 0 Å². The van der Waals surface area contributed by atoms with Crippen molar-refractivity contribution in [1.29, 1.82) is 0 Å². The van der Waals surface area contributed by atoms with Gasteiger partial charge in [0.2, 0.25) is 0 Å². The molecule has 3 heteroatoms. The Morgan fingerprint density at radius 2 is 1.73 bits per heavy atom. The maximum atomic E-state index is 10.8. The molecule has 1 aromatic carbocycles. The molecule has 3 aliphatic carbocycles. The number of hydrogen-bond donors (Lipinski definition) is 3. The summed E-state index contributed by atoms with van der Waals surface area (Å²) in [7, 11) is 0. The van der Waals surface area contributed by atoms with Gasteiger partial charge in [-0.2, -0.15) is 12.6 Å². The number of rotatable bonds is 9. The van der Waals surface area contributed by atoms with Crippen molar-refractivity contribution in [3.05, 3.63) is 29.3 Å².